The molecule has 0 bridgehead atoms. The third kappa shape index (κ3) is 3.85. The Hall–Kier alpha value is -2.14. The lowest BCUT2D eigenvalue weighted by atomic mass is 9.96. The van der Waals surface area contributed by atoms with Gasteiger partial charge in [0.1, 0.15) is 5.76 Å². The molecule has 2 aromatic rings. The minimum Gasteiger partial charge on any atom is -0.360 e. The SMILES string of the molecule is CN(C)CCN(Cc1ccccc1)C(=O)c1noc2c1CCCC2. The topological polar surface area (TPSA) is 49.6 Å². The fourth-order valence-corrected chi connectivity index (χ4v) is 3.08. The highest BCUT2D eigenvalue weighted by Gasteiger charge is 2.27. The predicted molar refractivity (Wildman–Crippen MR) is 92.9 cm³/mol. The largest absolute Gasteiger partial charge is 0.360 e. The van der Waals surface area contributed by atoms with E-state index in [0.29, 0.717) is 18.8 Å². The van der Waals surface area contributed by atoms with Crippen LogP contribution in [0.3, 0.4) is 0 Å². The molecule has 1 aromatic carbocycles. The van der Waals surface area contributed by atoms with Crippen molar-refractivity contribution in [3.05, 3.63) is 52.9 Å². The molecule has 128 valence electrons. The maximum Gasteiger partial charge on any atom is 0.276 e. The molecule has 1 heterocycles. The number of carbonyl (C=O) groups excluding carboxylic acids is 1. The maximum absolute atomic E-state index is 13.1. The van der Waals surface area contributed by atoms with E-state index in [4.69, 9.17) is 4.52 Å². The average Bonchev–Trinajstić information content (AvgIpc) is 3.03. The first kappa shape index (κ1) is 16.7. The molecule has 5 nitrogen and oxygen atoms in total. The van der Waals surface area contributed by atoms with Crippen LogP contribution in [0.4, 0.5) is 0 Å². The number of carbonyl (C=O) groups is 1. The molecule has 1 amide bonds. The molecule has 0 spiro atoms. The Balaban J connectivity index is 1.81. The lowest BCUT2D eigenvalue weighted by Crippen LogP contribution is -2.37. The highest BCUT2D eigenvalue weighted by molar-refractivity contribution is 5.93. The van der Waals surface area contributed by atoms with E-state index in [1.165, 1.54) is 0 Å². The first-order valence-corrected chi connectivity index (χ1v) is 8.60. The van der Waals surface area contributed by atoms with Crippen molar-refractivity contribution in [2.24, 2.45) is 0 Å². The number of rotatable bonds is 6. The fraction of sp³-hybridized carbons (Fsp3) is 0.474. The van der Waals surface area contributed by atoms with E-state index in [2.05, 4.69) is 10.1 Å². The summed E-state index contributed by atoms with van der Waals surface area (Å²) in [5.74, 6) is 0.879. The first-order chi connectivity index (χ1) is 11.6. The molecule has 0 unspecified atom stereocenters. The monoisotopic (exact) mass is 327 g/mol. The lowest BCUT2D eigenvalue weighted by molar-refractivity contribution is 0.0720. The van der Waals surface area contributed by atoms with Gasteiger partial charge in [-0.15, -0.1) is 0 Å². The van der Waals surface area contributed by atoms with E-state index in [-0.39, 0.29) is 5.91 Å². The van der Waals surface area contributed by atoms with Crippen molar-refractivity contribution >= 4 is 5.91 Å². The van der Waals surface area contributed by atoms with E-state index in [1.807, 2.05) is 49.3 Å². The van der Waals surface area contributed by atoms with Crippen molar-refractivity contribution in [1.29, 1.82) is 0 Å². The number of hydrogen-bond donors (Lipinski definition) is 0. The Morgan fingerprint density at radius 2 is 1.88 bits per heavy atom. The number of aryl methyl sites for hydroxylation is 1. The molecule has 1 aliphatic carbocycles. The van der Waals surface area contributed by atoms with Gasteiger partial charge in [-0.05, 0) is 38.9 Å². The minimum atomic E-state index is -0.0207. The van der Waals surface area contributed by atoms with Crippen LogP contribution in [-0.4, -0.2) is 48.0 Å². The fourth-order valence-electron chi connectivity index (χ4n) is 3.08. The molecule has 1 aliphatic rings. The van der Waals surface area contributed by atoms with E-state index in [9.17, 15) is 4.79 Å². The van der Waals surface area contributed by atoms with E-state index in [1.54, 1.807) is 0 Å². The number of aromatic nitrogens is 1. The van der Waals surface area contributed by atoms with Crippen molar-refractivity contribution in [3.63, 3.8) is 0 Å². The van der Waals surface area contributed by atoms with Crippen LogP contribution in [0.2, 0.25) is 0 Å². The van der Waals surface area contributed by atoms with E-state index >= 15 is 0 Å². The molecule has 24 heavy (non-hydrogen) atoms. The van der Waals surface area contributed by atoms with Gasteiger partial charge in [0.2, 0.25) is 0 Å². The molecule has 0 aliphatic heterocycles. The van der Waals surface area contributed by atoms with Gasteiger partial charge in [-0.25, -0.2) is 0 Å². The van der Waals surface area contributed by atoms with Gasteiger partial charge in [0.05, 0.1) is 0 Å². The van der Waals surface area contributed by atoms with Crippen LogP contribution in [0, 0.1) is 0 Å². The van der Waals surface area contributed by atoms with Gasteiger partial charge in [0.25, 0.3) is 5.91 Å². The second-order valence-electron chi connectivity index (χ2n) is 6.66. The Morgan fingerprint density at radius 3 is 2.62 bits per heavy atom. The predicted octanol–water partition coefficient (Wildman–Crippen LogP) is 2.76. The minimum absolute atomic E-state index is 0.0207. The summed E-state index contributed by atoms with van der Waals surface area (Å²) >= 11 is 0. The van der Waals surface area contributed by atoms with Crippen LogP contribution < -0.4 is 0 Å². The Morgan fingerprint density at radius 1 is 1.12 bits per heavy atom. The van der Waals surface area contributed by atoms with E-state index in [0.717, 1.165) is 49.1 Å². The summed E-state index contributed by atoms with van der Waals surface area (Å²) in [6, 6.07) is 10.1. The van der Waals surface area contributed by atoms with Crippen molar-refractivity contribution in [1.82, 2.24) is 15.0 Å². The zero-order chi connectivity index (χ0) is 16.9. The number of fused-ring (bicyclic) bond motifs is 1. The van der Waals surface area contributed by atoms with Gasteiger partial charge >= 0.3 is 0 Å². The van der Waals surface area contributed by atoms with Crippen LogP contribution in [0.5, 0.6) is 0 Å². The third-order valence-electron chi connectivity index (χ3n) is 4.47. The highest BCUT2D eigenvalue weighted by atomic mass is 16.5. The number of nitrogens with zero attached hydrogens (tertiary/aromatic N) is 3. The van der Waals surface area contributed by atoms with Crippen molar-refractivity contribution in [2.45, 2.75) is 32.2 Å². The number of hydrogen-bond acceptors (Lipinski definition) is 4. The summed E-state index contributed by atoms with van der Waals surface area (Å²) < 4.78 is 5.43. The summed E-state index contributed by atoms with van der Waals surface area (Å²) in [6.45, 7) is 2.08. The smallest absolute Gasteiger partial charge is 0.276 e. The number of amides is 1. The second-order valence-corrected chi connectivity index (χ2v) is 6.66. The van der Waals surface area contributed by atoms with Gasteiger partial charge in [-0.3, -0.25) is 4.79 Å². The molecule has 0 radical (unpaired) electrons. The summed E-state index contributed by atoms with van der Waals surface area (Å²) in [5.41, 5.74) is 2.66. The lowest BCUT2D eigenvalue weighted by Gasteiger charge is -2.24. The molecule has 0 N–H and O–H groups in total. The Labute approximate surface area is 143 Å². The normalized spacial score (nSPS) is 13.8. The molecular weight excluding hydrogens is 302 g/mol. The second kappa shape index (κ2) is 7.62. The quantitative estimate of drug-likeness (QED) is 0.818. The van der Waals surface area contributed by atoms with E-state index < -0.39 is 0 Å². The van der Waals surface area contributed by atoms with Crippen molar-refractivity contribution < 1.29 is 9.32 Å². The number of benzene rings is 1. The maximum atomic E-state index is 13.1. The van der Waals surface area contributed by atoms with Gasteiger partial charge in [-0.1, -0.05) is 35.5 Å². The van der Waals surface area contributed by atoms with Crippen LogP contribution in [0.1, 0.15) is 40.2 Å². The highest BCUT2D eigenvalue weighted by Crippen LogP contribution is 2.25. The molecule has 5 heteroatoms. The zero-order valence-electron chi connectivity index (χ0n) is 14.5. The van der Waals surface area contributed by atoms with Gasteiger partial charge in [0, 0.05) is 31.6 Å². The molecule has 0 saturated heterocycles. The molecule has 1 aromatic heterocycles. The van der Waals surface area contributed by atoms with Crippen LogP contribution in [-0.2, 0) is 19.4 Å². The van der Waals surface area contributed by atoms with Gasteiger partial charge in [0.15, 0.2) is 5.69 Å². The van der Waals surface area contributed by atoms with Crippen LogP contribution in [0.15, 0.2) is 34.9 Å². The summed E-state index contributed by atoms with van der Waals surface area (Å²) in [6.07, 6.45) is 4.01. The first-order valence-electron chi connectivity index (χ1n) is 8.60. The van der Waals surface area contributed by atoms with Crippen LogP contribution >= 0.6 is 0 Å². The van der Waals surface area contributed by atoms with Crippen LogP contribution in [0.25, 0.3) is 0 Å². The Kier molecular flexibility index (Phi) is 5.30. The van der Waals surface area contributed by atoms with Crippen molar-refractivity contribution in [3.8, 4) is 0 Å². The summed E-state index contributed by atoms with van der Waals surface area (Å²) in [4.78, 5) is 17.0. The number of likely N-dealkylation sites (N-methyl/N-ethyl adjacent to an activating group) is 1. The molecule has 0 atom stereocenters. The summed E-state index contributed by atoms with van der Waals surface area (Å²) in [7, 11) is 4.03. The third-order valence-corrected chi connectivity index (χ3v) is 4.47. The zero-order valence-corrected chi connectivity index (χ0v) is 14.5. The molecule has 3 rings (SSSR count). The standard InChI is InChI=1S/C19H25N3O2/c1-21(2)12-13-22(14-15-8-4-3-5-9-15)19(23)18-16-10-6-7-11-17(16)24-20-18/h3-5,8-9H,6-7,10-14H2,1-2H3. The Bertz CT molecular complexity index is 679. The molecular formula is C19H25N3O2. The van der Waals surface area contributed by atoms with Gasteiger partial charge < -0.3 is 14.3 Å². The average molecular weight is 327 g/mol. The van der Waals surface area contributed by atoms with Crippen molar-refractivity contribution in [2.75, 3.05) is 27.2 Å². The molecule has 0 fully saturated rings. The van der Waals surface area contributed by atoms with Gasteiger partial charge in [-0.2, -0.15) is 0 Å². The summed E-state index contributed by atoms with van der Waals surface area (Å²) in [5, 5.41) is 4.11. The molecule has 0 saturated carbocycles.